The van der Waals surface area contributed by atoms with Gasteiger partial charge in [0.05, 0.1) is 5.69 Å². The highest BCUT2D eigenvalue weighted by atomic mass is 16.3. The molecule has 4 nitrogen and oxygen atoms in total. The van der Waals surface area contributed by atoms with Gasteiger partial charge in [-0.2, -0.15) is 0 Å². The molecular weight excluding hydrogens is 154 g/mol. The molecule has 12 heavy (non-hydrogen) atoms. The summed E-state index contributed by atoms with van der Waals surface area (Å²) >= 11 is 0. The summed E-state index contributed by atoms with van der Waals surface area (Å²) in [6.45, 7) is 0.390. The Labute approximate surface area is 69.3 Å². The van der Waals surface area contributed by atoms with Crippen LogP contribution in [0.2, 0.25) is 0 Å². The Morgan fingerprint density at radius 2 is 2.42 bits per heavy atom. The van der Waals surface area contributed by atoms with Crippen LogP contribution >= 0.6 is 0 Å². The van der Waals surface area contributed by atoms with Crippen LogP contribution in [0.4, 0.5) is 0 Å². The standard InChI is InChI=1S/C8H9N3O/c9-4-6-5-11-3-1-2-7(12)8(11)10-6/h1-3,5,12H,4,9H2. The highest BCUT2D eigenvalue weighted by molar-refractivity contribution is 5.53. The molecule has 0 saturated heterocycles. The van der Waals surface area contributed by atoms with Gasteiger partial charge < -0.3 is 15.2 Å². The SMILES string of the molecule is NCc1cn2cccc(O)c2n1. The number of imidazole rings is 1. The highest BCUT2D eigenvalue weighted by Crippen LogP contribution is 2.16. The van der Waals surface area contributed by atoms with E-state index in [0.29, 0.717) is 12.2 Å². The molecule has 3 N–H and O–H groups in total. The molecule has 0 aliphatic rings. The number of pyridine rings is 1. The van der Waals surface area contributed by atoms with Crippen molar-refractivity contribution in [3.05, 3.63) is 30.2 Å². The number of aromatic nitrogens is 2. The van der Waals surface area contributed by atoms with E-state index in [4.69, 9.17) is 5.73 Å². The molecule has 2 aromatic rings. The largest absolute Gasteiger partial charge is 0.504 e. The fraction of sp³-hybridized carbons (Fsp3) is 0.125. The highest BCUT2D eigenvalue weighted by Gasteiger charge is 2.02. The van der Waals surface area contributed by atoms with E-state index in [-0.39, 0.29) is 5.75 Å². The normalized spacial score (nSPS) is 10.8. The minimum Gasteiger partial charge on any atom is -0.504 e. The molecule has 0 bridgehead atoms. The fourth-order valence-corrected chi connectivity index (χ4v) is 1.15. The van der Waals surface area contributed by atoms with Gasteiger partial charge in [0.15, 0.2) is 11.4 Å². The molecule has 0 aliphatic carbocycles. The topological polar surface area (TPSA) is 63.5 Å². The zero-order valence-electron chi connectivity index (χ0n) is 6.44. The average molecular weight is 163 g/mol. The molecule has 2 rings (SSSR count). The first-order valence-electron chi connectivity index (χ1n) is 3.67. The lowest BCUT2D eigenvalue weighted by Crippen LogP contribution is -1.95. The maximum Gasteiger partial charge on any atom is 0.179 e. The van der Waals surface area contributed by atoms with Crippen molar-refractivity contribution in [3.63, 3.8) is 0 Å². The molecule has 62 valence electrons. The monoisotopic (exact) mass is 163 g/mol. The van der Waals surface area contributed by atoms with Crippen LogP contribution in [-0.4, -0.2) is 14.5 Å². The van der Waals surface area contributed by atoms with Crippen LogP contribution in [0.25, 0.3) is 5.65 Å². The third-order valence-corrected chi connectivity index (χ3v) is 1.72. The number of hydrogen-bond donors (Lipinski definition) is 2. The molecule has 0 amide bonds. The predicted molar refractivity (Wildman–Crippen MR) is 44.7 cm³/mol. The Bertz CT molecular complexity index is 408. The first kappa shape index (κ1) is 7.12. The van der Waals surface area contributed by atoms with E-state index < -0.39 is 0 Å². The van der Waals surface area contributed by atoms with Crippen molar-refractivity contribution in [1.29, 1.82) is 0 Å². The van der Waals surface area contributed by atoms with Crippen molar-refractivity contribution >= 4 is 5.65 Å². The second-order valence-corrected chi connectivity index (χ2v) is 2.56. The van der Waals surface area contributed by atoms with Crippen molar-refractivity contribution in [2.45, 2.75) is 6.54 Å². The lowest BCUT2D eigenvalue weighted by molar-refractivity contribution is 0.477. The quantitative estimate of drug-likeness (QED) is 0.643. The van der Waals surface area contributed by atoms with E-state index in [9.17, 15) is 5.11 Å². The second-order valence-electron chi connectivity index (χ2n) is 2.56. The number of nitrogens with zero attached hydrogens (tertiary/aromatic N) is 2. The lowest BCUT2D eigenvalue weighted by atomic mass is 10.4. The van der Waals surface area contributed by atoms with Gasteiger partial charge in [-0.15, -0.1) is 0 Å². The van der Waals surface area contributed by atoms with E-state index in [1.807, 2.05) is 6.20 Å². The van der Waals surface area contributed by atoms with E-state index in [1.165, 1.54) is 0 Å². The summed E-state index contributed by atoms with van der Waals surface area (Å²) in [4.78, 5) is 4.12. The van der Waals surface area contributed by atoms with Crippen LogP contribution < -0.4 is 5.73 Å². The summed E-state index contributed by atoms with van der Waals surface area (Å²) in [6.07, 6.45) is 3.62. The number of aromatic hydroxyl groups is 1. The molecule has 4 heteroatoms. The van der Waals surface area contributed by atoms with Gasteiger partial charge in [-0.1, -0.05) is 0 Å². The van der Waals surface area contributed by atoms with Crippen molar-refractivity contribution in [2.75, 3.05) is 0 Å². The molecule has 0 aliphatic heterocycles. The first-order valence-corrected chi connectivity index (χ1v) is 3.67. The Morgan fingerprint density at radius 3 is 3.08 bits per heavy atom. The van der Waals surface area contributed by atoms with E-state index in [2.05, 4.69) is 4.98 Å². The molecule has 2 heterocycles. The molecule has 0 atom stereocenters. The smallest absolute Gasteiger partial charge is 0.179 e. The fourth-order valence-electron chi connectivity index (χ4n) is 1.15. The predicted octanol–water partition coefficient (Wildman–Crippen LogP) is 0.499. The average Bonchev–Trinajstić information content (AvgIpc) is 2.49. The maximum absolute atomic E-state index is 9.36. The van der Waals surface area contributed by atoms with E-state index in [1.54, 1.807) is 22.7 Å². The van der Waals surface area contributed by atoms with Crippen molar-refractivity contribution in [1.82, 2.24) is 9.38 Å². The summed E-state index contributed by atoms with van der Waals surface area (Å²) in [7, 11) is 0. The summed E-state index contributed by atoms with van der Waals surface area (Å²) in [5, 5.41) is 9.36. The zero-order valence-corrected chi connectivity index (χ0v) is 6.44. The van der Waals surface area contributed by atoms with E-state index >= 15 is 0 Å². The molecule has 0 aromatic carbocycles. The Balaban J connectivity index is 2.74. The summed E-state index contributed by atoms with van der Waals surface area (Å²) in [6, 6.07) is 3.35. The number of fused-ring (bicyclic) bond motifs is 1. The van der Waals surface area contributed by atoms with Gasteiger partial charge in [-0.25, -0.2) is 4.98 Å². The van der Waals surface area contributed by atoms with Gasteiger partial charge in [0.25, 0.3) is 0 Å². The molecule has 0 spiro atoms. The van der Waals surface area contributed by atoms with Crippen molar-refractivity contribution in [2.24, 2.45) is 5.73 Å². The van der Waals surface area contributed by atoms with Crippen LogP contribution in [0.3, 0.4) is 0 Å². The van der Waals surface area contributed by atoms with E-state index in [0.717, 1.165) is 5.69 Å². The zero-order chi connectivity index (χ0) is 8.55. The Kier molecular flexibility index (Phi) is 1.48. The number of hydrogen-bond acceptors (Lipinski definition) is 3. The second kappa shape index (κ2) is 2.49. The van der Waals surface area contributed by atoms with Crippen LogP contribution in [0, 0.1) is 0 Å². The number of nitrogens with two attached hydrogens (primary N) is 1. The molecule has 0 saturated carbocycles. The maximum atomic E-state index is 9.36. The number of rotatable bonds is 1. The van der Waals surface area contributed by atoms with Crippen molar-refractivity contribution in [3.8, 4) is 5.75 Å². The van der Waals surface area contributed by atoms with Gasteiger partial charge in [-0.05, 0) is 12.1 Å². The summed E-state index contributed by atoms with van der Waals surface area (Å²) in [5.41, 5.74) is 6.73. The Hall–Kier alpha value is -1.55. The summed E-state index contributed by atoms with van der Waals surface area (Å²) < 4.78 is 1.75. The minimum absolute atomic E-state index is 0.178. The first-order chi connectivity index (χ1) is 5.81. The van der Waals surface area contributed by atoms with Gasteiger partial charge >= 0.3 is 0 Å². The van der Waals surface area contributed by atoms with Gasteiger partial charge in [0.2, 0.25) is 0 Å². The molecule has 2 aromatic heterocycles. The molecular formula is C8H9N3O. The Morgan fingerprint density at radius 1 is 1.58 bits per heavy atom. The van der Waals surface area contributed by atoms with Crippen molar-refractivity contribution < 1.29 is 5.11 Å². The van der Waals surface area contributed by atoms with Gasteiger partial charge in [0, 0.05) is 18.9 Å². The molecule has 0 fully saturated rings. The summed E-state index contributed by atoms with van der Waals surface area (Å²) in [5.74, 6) is 0.178. The third kappa shape index (κ3) is 0.931. The lowest BCUT2D eigenvalue weighted by Gasteiger charge is -1.92. The minimum atomic E-state index is 0.178. The molecule has 0 unspecified atom stereocenters. The van der Waals surface area contributed by atoms with Gasteiger partial charge in [0.1, 0.15) is 0 Å². The third-order valence-electron chi connectivity index (χ3n) is 1.72. The van der Waals surface area contributed by atoms with Gasteiger partial charge in [-0.3, -0.25) is 0 Å². The molecule has 0 radical (unpaired) electrons. The van der Waals surface area contributed by atoms with Crippen LogP contribution in [-0.2, 0) is 6.54 Å². The van der Waals surface area contributed by atoms with Crippen LogP contribution in [0.15, 0.2) is 24.5 Å². The van der Waals surface area contributed by atoms with Crippen LogP contribution in [0.1, 0.15) is 5.69 Å². The van der Waals surface area contributed by atoms with Crippen LogP contribution in [0.5, 0.6) is 5.75 Å².